The maximum atomic E-state index is 13.7. The molecule has 5 rings (SSSR count). The molecule has 1 amide bonds. The molecule has 5 nitrogen and oxygen atoms in total. The lowest BCUT2D eigenvalue weighted by Crippen LogP contribution is -2.56. The summed E-state index contributed by atoms with van der Waals surface area (Å²) in [5.41, 5.74) is 3.04. The average molecular weight is 496 g/mol. The third kappa shape index (κ3) is 5.20. The topological polar surface area (TPSA) is 53.5 Å². The highest BCUT2D eigenvalue weighted by atomic mass is 32.2. The zero-order chi connectivity index (χ0) is 24.9. The molecule has 2 heterocycles. The Balaban J connectivity index is 1.47. The Hall–Kier alpha value is -3.48. The standard InChI is InChI=1S/C30H29N3O2S/c1-22(34)36-21-26-20-32(30(35)28-19-31-18-25-14-8-9-15-27(25)28)16-17-33(26)29(23-10-4-2-5-11-23)24-12-6-3-7-13-24/h2-15,18-19,26,29H,16-17,20-21H2,1H3/t26-/m1/s1. The molecule has 0 N–H and O–H groups in total. The first-order valence-electron chi connectivity index (χ1n) is 12.2. The number of amides is 1. The average Bonchev–Trinajstić information content (AvgIpc) is 2.93. The Morgan fingerprint density at radius 3 is 2.19 bits per heavy atom. The number of rotatable bonds is 6. The largest absolute Gasteiger partial charge is 0.336 e. The van der Waals surface area contributed by atoms with Crippen molar-refractivity contribution in [3.63, 3.8) is 0 Å². The Morgan fingerprint density at radius 1 is 0.889 bits per heavy atom. The van der Waals surface area contributed by atoms with Gasteiger partial charge in [-0.05, 0) is 16.5 Å². The van der Waals surface area contributed by atoms with E-state index in [0.717, 1.165) is 10.8 Å². The molecule has 0 bridgehead atoms. The second-order valence-corrected chi connectivity index (χ2v) is 10.3. The minimum absolute atomic E-state index is 0.00672. The third-order valence-corrected chi connectivity index (χ3v) is 7.71. The Labute approximate surface area is 216 Å². The number of hydrogen-bond donors (Lipinski definition) is 0. The smallest absolute Gasteiger partial charge is 0.256 e. The molecule has 1 aliphatic heterocycles. The first-order chi connectivity index (χ1) is 17.6. The van der Waals surface area contributed by atoms with Crippen molar-refractivity contribution in [1.29, 1.82) is 0 Å². The van der Waals surface area contributed by atoms with E-state index in [1.54, 1.807) is 19.3 Å². The lowest BCUT2D eigenvalue weighted by molar-refractivity contribution is -0.109. The van der Waals surface area contributed by atoms with Gasteiger partial charge in [-0.2, -0.15) is 0 Å². The van der Waals surface area contributed by atoms with Crippen LogP contribution in [0.4, 0.5) is 0 Å². The molecule has 182 valence electrons. The van der Waals surface area contributed by atoms with Gasteiger partial charge in [-0.3, -0.25) is 19.5 Å². The number of aromatic nitrogens is 1. The van der Waals surface area contributed by atoms with E-state index in [1.165, 1.54) is 22.9 Å². The zero-order valence-electron chi connectivity index (χ0n) is 20.3. The van der Waals surface area contributed by atoms with Crippen molar-refractivity contribution in [1.82, 2.24) is 14.8 Å². The fourth-order valence-corrected chi connectivity index (χ4v) is 5.78. The normalized spacial score (nSPS) is 16.4. The van der Waals surface area contributed by atoms with Crippen LogP contribution in [0.15, 0.2) is 97.3 Å². The first kappa shape index (κ1) is 24.2. The summed E-state index contributed by atoms with van der Waals surface area (Å²) in [5, 5.41) is 1.97. The molecule has 6 heteroatoms. The van der Waals surface area contributed by atoms with Gasteiger partial charge in [-0.15, -0.1) is 0 Å². The minimum Gasteiger partial charge on any atom is -0.336 e. The fraction of sp³-hybridized carbons (Fsp3) is 0.233. The molecule has 0 saturated carbocycles. The van der Waals surface area contributed by atoms with E-state index in [2.05, 4.69) is 58.4 Å². The van der Waals surface area contributed by atoms with Crippen LogP contribution in [0.25, 0.3) is 10.8 Å². The summed E-state index contributed by atoms with van der Waals surface area (Å²) in [5.74, 6) is 0.621. The van der Waals surface area contributed by atoms with Crippen molar-refractivity contribution in [3.8, 4) is 0 Å². The van der Waals surface area contributed by atoms with Gasteiger partial charge in [0.15, 0.2) is 5.12 Å². The summed E-state index contributed by atoms with van der Waals surface area (Å²) in [6.45, 7) is 3.48. The van der Waals surface area contributed by atoms with Crippen LogP contribution in [0.5, 0.6) is 0 Å². The summed E-state index contributed by atoms with van der Waals surface area (Å²) in [4.78, 5) is 34.4. The zero-order valence-corrected chi connectivity index (χ0v) is 21.1. The number of nitrogens with zero attached hydrogens (tertiary/aromatic N) is 3. The van der Waals surface area contributed by atoms with Crippen LogP contribution < -0.4 is 0 Å². The lowest BCUT2D eigenvalue weighted by Gasteiger charge is -2.45. The summed E-state index contributed by atoms with van der Waals surface area (Å²) in [7, 11) is 0. The Bertz CT molecular complexity index is 1300. The highest BCUT2D eigenvalue weighted by Crippen LogP contribution is 2.33. The summed E-state index contributed by atoms with van der Waals surface area (Å²) < 4.78 is 0. The lowest BCUT2D eigenvalue weighted by atomic mass is 9.94. The van der Waals surface area contributed by atoms with Gasteiger partial charge in [0.1, 0.15) is 0 Å². The van der Waals surface area contributed by atoms with Gasteiger partial charge >= 0.3 is 0 Å². The first-order valence-corrected chi connectivity index (χ1v) is 13.2. The summed E-state index contributed by atoms with van der Waals surface area (Å²) in [6.07, 6.45) is 3.47. The predicted octanol–water partition coefficient (Wildman–Crippen LogP) is 5.43. The molecule has 0 aliphatic carbocycles. The van der Waals surface area contributed by atoms with Crippen LogP contribution >= 0.6 is 11.8 Å². The number of fused-ring (bicyclic) bond motifs is 1. The number of carbonyl (C=O) groups is 2. The monoisotopic (exact) mass is 495 g/mol. The SMILES string of the molecule is CC(=O)SC[C@H]1CN(C(=O)c2cncc3ccccc23)CCN1C(c1ccccc1)c1ccccc1. The molecule has 4 aromatic rings. The number of hydrogen-bond acceptors (Lipinski definition) is 5. The van der Waals surface area contributed by atoms with Gasteiger partial charge < -0.3 is 4.90 Å². The van der Waals surface area contributed by atoms with Crippen LogP contribution in [0, 0.1) is 0 Å². The molecular formula is C30H29N3O2S. The maximum Gasteiger partial charge on any atom is 0.256 e. The molecule has 0 spiro atoms. The number of benzene rings is 3. The van der Waals surface area contributed by atoms with Gasteiger partial charge in [-0.25, -0.2) is 0 Å². The van der Waals surface area contributed by atoms with E-state index in [4.69, 9.17) is 0 Å². The number of pyridine rings is 1. The van der Waals surface area contributed by atoms with E-state index in [0.29, 0.717) is 31.0 Å². The van der Waals surface area contributed by atoms with Gasteiger partial charge in [0.25, 0.3) is 5.91 Å². The van der Waals surface area contributed by atoms with Crippen molar-refractivity contribution < 1.29 is 9.59 Å². The van der Waals surface area contributed by atoms with Gasteiger partial charge in [-0.1, -0.05) is 96.7 Å². The van der Waals surface area contributed by atoms with E-state index >= 15 is 0 Å². The van der Waals surface area contributed by atoms with E-state index < -0.39 is 0 Å². The van der Waals surface area contributed by atoms with Crippen LogP contribution in [-0.4, -0.2) is 57.2 Å². The summed E-state index contributed by atoms with van der Waals surface area (Å²) >= 11 is 1.33. The molecule has 0 unspecified atom stereocenters. The van der Waals surface area contributed by atoms with Gasteiger partial charge in [0.2, 0.25) is 0 Å². The molecule has 1 atom stereocenters. The van der Waals surface area contributed by atoms with Gasteiger partial charge in [0.05, 0.1) is 11.6 Å². The molecule has 3 aromatic carbocycles. The molecule has 1 saturated heterocycles. The highest BCUT2D eigenvalue weighted by molar-refractivity contribution is 8.13. The van der Waals surface area contributed by atoms with Crippen molar-refractivity contribution >= 4 is 33.6 Å². The maximum absolute atomic E-state index is 13.7. The minimum atomic E-state index is -0.00672. The van der Waals surface area contributed by atoms with Crippen molar-refractivity contribution in [2.45, 2.75) is 19.0 Å². The van der Waals surface area contributed by atoms with Crippen LogP contribution in [-0.2, 0) is 4.79 Å². The Morgan fingerprint density at radius 2 is 1.53 bits per heavy atom. The van der Waals surface area contributed by atoms with E-state index in [9.17, 15) is 9.59 Å². The number of carbonyl (C=O) groups excluding carboxylic acids is 2. The van der Waals surface area contributed by atoms with Crippen LogP contribution in [0.2, 0.25) is 0 Å². The molecule has 36 heavy (non-hydrogen) atoms. The second kappa shape index (κ2) is 11.1. The molecular weight excluding hydrogens is 466 g/mol. The second-order valence-electron chi connectivity index (χ2n) is 9.08. The molecule has 1 fully saturated rings. The number of piperazine rings is 1. The van der Waals surface area contributed by atoms with Crippen molar-refractivity contribution in [2.75, 3.05) is 25.4 Å². The number of thioether (sulfide) groups is 1. The fourth-order valence-electron chi connectivity index (χ4n) is 5.06. The molecule has 0 radical (unpaired) electrons. The Kier molecular flexibility index (Phi) is 7.44. The van der Waals surface area contributed by atoms with Crippen LogP contribution in [0.3, 0.4) is 0 Å². The highest BCUT2D eigenvalue weighted by Gasteiger charge is 2.36. The van der Waals surface area contributed by atoms with Gasteiger partial charge in [0, 0.05) is 56.1 Å². The van der Waals surface area contributed by atoms with Crippen molar-refractivity contribution in [3.05, 3.63) is 114 Å². The van der Waals surface area contributed by atoms with E-state index in [-0.39, 0.29) is 23.1 Å². The molecule has 1 aliphatic rings. The quantitative estimate of drug-likeness (QED) is 0.357. The van der Waals surface area contributed by atoms with E-state index in [1.807, 2.05) is 41.3 Å². The summed E-state index contributed by atoms with van der Waals surface area (Å²) in [6, 6.07) is 28.9. The molecule has 1 aromatic heterocycles. The predicted molar refractivity (Wildman–Crippen MR) is 146 cm³/mol. The third-order valence-electron chi connectivity index (χ3n) is 6.76. The van der Waals surface area contributed by atoms with Crippen LogP contribution in [0.1, 0.15) is 34.5 Å². The van der Waals surface area contributed by atoms with Crippen molar-refractivity contribution in [2.24, 2.45) is 0 Å².